The predicted molar refractivity (Wildman–Crippen MR) is 104 cm³/mol. The molecule has 0 fully saturated rings. The molecule has 132 valence electrons. The number of fused-ring (bicyclic) bond motifs is 1. The number of rotatable bonds is 6. The van der Waals surface area contributed by atoms with Crippen LogP contribution in [0.4, 0.5) is 5.69 Å². The van der Waals surface area contributed by atoms with Gasteiger partial charge in [0.2, 0.25) is 0 Å². The summed E-state index contributed by atoms with van der Waals surface area (Å²) < 4.78 is 1.88. The molecule has 0 bridgehead atoms. The number of amides is 1. The lowest BCUT2D eigenvalue weighted by atomic mass is 10.1. The minimum Gasteiger partial charge on any atom is -0.272 e. The van der Waals surface area contributed by atoms with Gasteiger partial charge in [0.15, 0.2) is 4.34 Å². The van der Waals surface area contributed by atoms with Crippen molar-refractivity contribution in [2.75, 3.05) is 5.75 Å². The number of nitrogens with zero attached hydrogens (tertiary/aromatic N) is 3. The van der Waals surface area contributed by atoms with Gasteiger partial charge in [0.05, 0.1) is 32.2 Å². The summed E-state index contributed by atoms with van der Waals surface area (Å²) in [5, 5.41) is 15.0. The van der Waals surface area contributed by atoms with E-state index < -0.39 is 4.92 Å². The van der Waals surface area contributed by atoms with Crippen LogP contribution in [-0.4, -0.2) is 27.3 Å². The van der Waals surface area contributed by atoms with Gasteiger partial charge >= 0.3 is 0 Å². The molecular weight excluding hydrogens is 372 g/mol. The number of hydrazone groups is 1. The fourth-order valence-electron chi connectivity index (χ4n) is 2.22. The van der Waals surface area contributed by atoms with Crippen molar-refractivity contribution in [1.29, 1.82) is 0 Å². The highest BCUT2D eigenvalue weighted by Crippen LogP contribution is 2.29. The Kier molecular flexibility index (Phi) is 5.59. The van der Waals surface area contributed by atoms with Crippen molar-refractivity contribution in [3.8, 4) is 0 Å². The summed E-state index contributed by atoms with van der Waals surface area (Å²) in [4.78, 5) is 27.0. The van der Waals surface area contributed by atoms with E-state index in [0.717, 1.165) is 14.6 Å². The summed E-state index contributed by atoms with van der Waals surface area (Å²) in [6, 6.07) is 14.0. The zero-order valence-electron chi connectivity index (χ0n) is 13.7. The number of nitro groups is 1. The second-order valence-electron chi connectivity index (χ2n) is 5.24. The van der Waals surface area contributed by atoms with Crippen molar-refractivity contribution in [1.82, 2.24) is 10.4 Å². The molecule has 0 aliphatic carbocycles. The van der Waals surface area contributed by atoms with Gasteiger partial charge in [0.1, 0.15) is 0 Å². The maximum atomic E-state index is 12.0. The minimum absolute atomic E-state index is 0.0492. The maximum absolute atomic E-state index is 12.0. The van der Waals surface area contributed by atoms with Crippen LogP contribution in [-0.2, 0) is 4.79 Å². The fourth-order valence-corrected chi connectivity index (χ4v) is 4.08. The van der Waals surface area contributed by atoms with E-state index in [1.54, 1.807) is 25.1 Å². The average molecular weight is 386 g/mol. The van der Waals surface area contributed by atoms with Crippen molar-refractivity contribution >= 4 is 50.6 Å². The number of hydrogen-bond donors (Lipinski definition) is 1. The molecule has 0 aliphatic rings. The first-order valence-corrected chi connectivity index (χ1v) is 9.40. The van der Waals surface area contributed by atoms with Crippen molar-refractivity contribution in [2.24, 2.45) is 5.10 Å². The molecule has 1 heterocycles. The van der Waals surface area contributed by atoms with Gasteiger partial charge in [0.25, 0.3) is 11.6 Å². The number of thiazole rings is 1. The largest absolute Gasteiger partial charge is 0.278 e. The van der Waals surface area contributed by atoms with Gasteiger partial charge < -0.3 is 0 Å². The number of nitrogens with one attached hydrogen (secondary N) is 1. The van der Waals surface area contributed by atoms with Crippen LogP contribution in [0.1, 0.15) is 12.5 Å². The van der Waals surface area contributed by atoms with Crippen molar-refractivity contribution in [3.05, 3.63) is 64.2 Å². The Morgan fingerprint density at radius 3 is 2.77 bits per heavy atom. The number of nitro benzene ring substituents is 1. The number of aromatic nitrogens is 1. The zero-order chi connectivity index (χ0) is 18.5. The summed E-state index contributed by atoms with van der Waals surface area (Å²) in [6.07, 6.45) is 0. The quantitative estimate of drug-likeness (QED) is 0.300. The lowest BCUT2D eigenvalue weighted by molar-refractivity contribution is -0.385. The molecule has 0 saturated carbocycles. The highest BCUT2D eigenvalue weighted by molar-refractivity contribution is 8.01. The SMILES string of the molecule is C/C(=N/NC(=O)CSc1nc2ccccc2s1)c1ccccc1[N+](=O)[O-]. The Hall–Kier alpha value is -2.78. The molecule has 2 aromatic carbocycles. The summed E-state index contributed by atoms with van der Waals surface area (Å²) in [7, 11) is 0. The van der Waals surface area contributed by atoms with Gasteiger partial charge in [-0.15, -0.1) is 11.3 Å². The van der Waals surface area contributed by atoms with E-state index in [4.69, 9.17) is 0 Å². The lowest BCUT2D eigenvalue weighted by Crippen LogP contribution is -2.21. The third-order valence-corrected chi connectivity index (χ3v) is 5.62. The fraction of sp³-hybridized carbons (Fsp3) is 0.118. The van der Waals surface area contributed by atoms with E-state index in [2.05, 4.69) is 15.5 Å². The summed E-state index contributed by atoms with van der Waals surface area (Å²) in [5.74, 6) is -0.139. The predicted octanol–water partition coefficient (Wildman–Crippen LogP) is 3.84. The van der Waals surface area contributed by atoms with Crippen LogP contribution in [0.15, 0.2) is 58.0 Å². The number of hydrogen-bond acceptors (Lipinski definition) is 7. The Bertz CT molecular complexity index is 967. The van der Waals surface area contributed by atoms with Crippen LogP contribution in [0.2, 0.25) is 0 Å². The first-order valence-electron chi connectivity index (χ1n) is 7.60. The van der Waals surface area contributed by atoms with Gasteiger partial charge in [-0.2, -0.15) is 5.10 Å². The molecule has 9 heteroatoms. The van der Waals surface area contributed by atoms with Crippen molar-refractivity contribution < 1.29 is 9.72 Å². The second-order valence-corrected chi connectivity index (χ2v) is 7.50. The van der Waals surface area contributed by atoms with Crippen LogP contribution < -0.4 is 5.43 Å². The van der Waals surface area contributed by atoms with E-state index in [1.165, 1.54) is 29.2 Å². The maximum Gasteiger partial charge on any atom is 0.278 e. The van der Waals surface area contributed by atoms with Gasteiger partial charge in [-0.3, -0.25) is 14.9 Å². The smallest absolute Gasteiger partial charge is 0.272 e. The van der Waals surface area contributed by atoms with Crippen LogP contribution in [0.3, 0.4) is 0 Å². The van der Waals surface area contributed by atoms with Gasteiger partial charge in [0, 0.05) is 6.07 Å². The van der Waals surface area contributed by atoms with Crippen LogP contribution >= 0.6 is 23.1 Å². The van der Waals surface area contributed by atoms with E-state index in [0.29, 0.717) is 11.3 Å². The first kappa shape index (κ1) is 18.0. The van der Waals surface area contributed by atoms with Gasteiger partial charge in [-0.1, -0.05) is 36.0 Å². The molecule has 0 spiro atoms. The number of thioether (sulfide) groups is 1. The Morgan fingerprint density at radius 2 is 2.00 bits per heavy atom. The number of para-hydroxylation sites is 2. The molecular formula is C17H14N4O3S2. The molecule has 0 unspecified atom stereocenters. The Morgan fingerprint density at radius 1 is 1.27 bits per heavy atom. The number of carbonyl (C=O) groups is 1. The van der Waals surface area contributed by atoms with Crippen LogP contribution in [0, 0.1) is 10.1 Å². The topological polar surface area (TPSA) is 97.5 Å². The zero-order valence-corrected chi connectivity index (χ0v) is 15.3. The molecule has 0 atom stereocenters. The number of carbonyl (C=O) groups excluding carboxylic acids is 1. The highest BCUT2D eigenvalue weighted by atomic mass is 32.2. The van der Waals surface area contributed by atoms with E-state index in [1.807, 2.05) is 24.3 Å². The van der Waals surface area contributed by atoms with Gasteiger partial charge in [-0.05, 0) is 25.1 Å². The normalized spacial score (nSPS) is 11.5. The molecule has 0 aliphatic heterocycles. The Labute approximate surface area is 157 Å². The molecule has 3 aromatic rings. The van der Waals surface area contributed by atoms with E-state index in [-0.39, 0.29) is 17.3 Å². The highest BCUT2D eigenvalue weighted by Gasteiger charge is 2.15. The first-order chi connectivity index (χ1) is 12.5. The monoisotopic (exact) mass is 386 g/mol. The Balaban J connectivity index is 1.61. The molecule has 0 saturated heterocycles. The van der Waals surface area contributed by atoms with Crippen LogP contribution in [0.25, 0.3) is 10.2 Å². The van der Waals surface area contributed by atoms with Crippen molar-refractivity contribution in [3.63, 3.8) is 0 Å². The third kappa shape index (κ3) is 4.24. The number of benzene rings is 2. The molecule has 3 rings (SSSR count). The lowest BCUT2D eigenvalue weighted by Gasteiger charge is -2.03. The minimum atomic E-state index is -0.473. The molecule has 7 nitrogen and oxygen atoms in total. The second kappa shape index (κ2) is 8.07. The van der Waals surface area contributed by atoms with Gasteiger partial charge in [-0.25, -0.2) is 10.4 Å². The summed E-state index contributed by atoms with van der Waals surface area (Å²) in [6.45, 7) is 1.61. The average Bonchev–Trinajstić information content (AvgIpc) is 3.07. The third-order valence-electron chi connectivity index (χ3n) is 3.44. The van der Waals surface area contributed by atoms with E-state index >= 15 is 0 Å². The summed E-state index contributed by atoms with van der Waals surface area (Å²) >= 11 is 2.85. The molecule has 1 aromatic heterocycles. The standard InChI is InChI=1S/C17H14N4O3S2/c1-11(12-6-2-4-8-14(12)21(23)24)19-20-16(22)10-25-17-18-13-7-3-5-9-15(13)26-17/h2-9H,10H2,1H3,(H,20,22)/b19-11-. The summed E-state index contributed by atoms with van der Waals surface area (Å²) in [5.41, 5.74) is 4.04. The molecule has 1 N–H and O–H groups in total. The van der Waals surface area contributed by atoms with Crippen molar-refractivity contribution in [2.45, 2.75) is 11.3 Å². The van der Waals surface area contributed by atoms with E-state index in [9.17, 15) is 14.9 Å². The van der Waals surface area contributed by atoms with Crippen LogP contribution in [0.5, 0.6) is 0 Å². The molecule has 1 amide bonds. The molecule has 0 radical (unpaired) electrons. The molecule has 26 heavy (non-hydrogen) atoms.